The van der Waals surface area contributed by atoms with Gasteiger partial charge in [0.1, 0.15) is 11.6 Å². The zero-order valence-corrected chi connectivity index (χ0v) is 20.6. The summed E-state index contributed by atoms with van der Waals surface area (Å²) in [6.07, 6.45) is 0. The Bertz CT molecular complexity index is 1850. The van der Waals surface area contributed by atoms with Gasteiger partial charge in [-0.15, -0.1) is 0 Å². The first-order valence-corrected chi connectivity index (χ1v) is 12.1. The molecule has 0 aromatic heterocycles. The van der Waals surface area contributed by atoms with Gasteiger partial charge >= 0.3 is 0 Å². The molecule has 0 spiro atoms. The number of fused-ring (bicyclic) bond motifs is 4. The largest absolute Gasteiger partial charge is 0.270 e. The molecule has 2 aliphatic rings. The lowest BCUT2D eigenvalue weighted by atomic mass is 9.84. The van der Waals surface area contributed by atoms with E-state index in [1.54, 1.807) is 24.3 Å². The molecule has 0 radical (unpaired) electrons. The molecule has 4 nitrogen and oxygen atoms in total. The summed E-state index contributed by atoms with van der Waals surface area (Å²) >= 11 is 0. The smallest absolute Gasteiger partial charge is 0.226 e. The molecule has 0 fully saturated rings. The summed E-state index contributed by atoms with van der Waals surface area (Å²) in [6.45, 7) is 15.7. The quantitative estimate of drug-likeness (QED) is 0.198. The number of benzene rings is 4. The van der Waals surface area contributed by atoms with E-state index >= 15 is 0 Å². The first-order chi connectivity index (χ1) is 19.5. The minimum absolute atomic E-state index is 0.137. The van der Waals surface area contributed by atoms with Gasteiger partial charge in [-0.05, 0) is 79.9 Å². The van der Waals surface area contributed by atoms with Gasteiger partial charge in [0.2, 0.25) is 0 Å². The second kappa shape index (κ2) is 9.34. The molecule has 4 aromatic carbocycles. The Labute approximate surface area is 228 Å². The van der Waals surface area contributed by atoms with Gasteiger partial charge in [0.25, 0.3) is 11.4 Å². The third-order valence-electron chi connectivity index (χ3n) is 7.14. The van der Waals surface area contributed by atoms with Crippen molar-refractivity contribution in [1.29, 1.82) is 10.5 Å². The third-order valence-corrected chi connectivity index (χ3v) is 7.14. The molecule has 0 N–H and O–H groups in total. The fraction of sp³-hybridized carbons (Fsp3) is 0. The van der Waals surface area contributed by atoms with Crippen molar-refractivity contribution < 1.29 is 8.78 Å². The highest BCUT2D eigenvalue weighted by Gasteiger charge is 2.41. The fourth-order valence-electron chi connectivity index (χ4n) is 5.59. The minimum atomic E-state index is -0.394. The van der Waals surface area contributed by atoms with Crippen molar-refractivity contribution in [3.05, 3.63) is 153 Å². The van der Waals surface area contributed by atoms with Crippen LogP contribution in [0.5, 0.6) is 0 Å². The van der Waals surface area contributed by atoms with Crippen molar-refractivity contribution in [3.63, 3.8) is 0 Å². The molecule has 6 heteroatoms. The van der Waals surface area contributed by atoms with Gasteiger partial charge in [-0.3, -0.25) is 0 Å². The number of hydrogen-bond donors (Lipinski definition) is 0. The standard InChI is InChI=1S/C34H14F2N4/c1-39-27(17-37)33-29-23(19-9-13-21(35)14-10-19)5-3-7-25(29)32-31(33)26-8-4-6-24(20-11-15-22(36)16-12-20)30(26)34(32)28(18-38)40-2/h3-16H/b33-27-,34-28+. The van der Waals surface area contributed by atoms with Crippen LogP contribution >= 0.6 is 0 Å². The highest BCUT2D eigenvalue weighted by Crippen LogP contribution is 2.62. The summed E-state index contributed by atoms with van der Waals surface area (Å²) in [7, 11) is 0. The Balaban J connectivity index is 1.76. The van der Waals surface area contributed by atoms with Crippen LogP contribution in [-0.4, -0.2) is 0 Å². The van der Waals surface area contributed by atoms with Crippen molar-refractivity contribution >= 4 is 22.3 Å². The summed E-state index contributed by atoms with van der Waals surface area (Å²) in [4.78, 5) is 7.12. The monoisotopic (exact) mass is 516 g/mol. The van der Waals surface area contributed by atoms with Gasteiger partial charge in [0.15, 0.2) is 0 Å². The molecule has 40 heavy (non-hydrogen) atoms. The minimum Gasteiger partial charge on any atom is -0.226 e. The number of rotatable bonds is 2. The Kier molecular flexibility index (Phi) is 5.67. The average molecular weight is 517 g/mol. The normalized spacial score (nSPS) is 15.2. The maximum atomic E-state index is 13.8. The van der Waals surface area contributed by atoms with E-state index in [9.17, 15) is 19.3 Å². The Morgan fingerprint density at radius 1 is 0.550 bits per heavy atom. The number of allylic oxidation sites excluding steroid dienone is 6. The number of hydrogen-bond acceptors (Lipinski definition) is 2. The van der Waals surface area contributed by atoms with E-state index in [0.717, 1.165) is 0 Å². The Hall–Kier alpha value is -6.08. The van der Waals surface area contributed by atoms with E-state index < -0.39 is 11.6 Å². The zero-order chi connectivity index (χ0) is 28.0. The topological polar surface area (TPSA) is 56.3 Å². The van der Waals surface area contributed by atoms with Crippen molar-refractivity contribution in [1.82, 2.24) is 0 Å². The van der Waals surface area contributed by atoms with E-state index in [-0.39, 0.29) is 11.4 Å². The zero-order valence-electron chi connectivity index (χ0n) is 20.6. The molecule has 0 aliphatic heterocycles. The van der Waals surface area contributed by atoms with Crippen LogP contribution in [0.1, 0.15) is 22.3 Å². The highest BCUT2D eigenvalue weighted by molar-refractivity contribution is 6.39. The molecule has 0 saturated carbocycles. The van der Waals surface area contributed by atoms with Crippen molar-refractivity contribution in [2.75, 3.05) is 0 Å². The lowest BCUT2D eigenvalue weighted by Crippen LogP contribution is -1.99. The molecule has 0 saturated heterocycles. The molecule has 0 atom stereocenters. The molecular formula is C34H14F2N4. The summed E-state index contributed by atoms with van der Waals surface area (Å²) < 4.78 is 27.6. The third kappa shape index (κ3) is 3.46. The summed E-state index contributed by atoms with van der Waals surface area (Å²) in [5.41, 5.74) is 7.01. The summed E-state index contributed by atoms with van der Waals surface area (Å²) in [5.74, 6) is -0.787. The summed E-state index contributed by atoms with van der Waals surface area (Å²) in [6, 6.07) is 27.0. The molecular weight excluding hydrogens is 502 g/mol. The van der Waals surface area contributed by atoms with E-state index in [0.29, 0.717) is 66.8 Å². The van der Waals surface area contributed by atoms with Crippen LogP contribution in [0.15, 0.2) is 96.3 Å². The first kappa shape index (κ1) is 24.3. The fourth-order valence-corrected chi connectivity index (χ4v) is 5.59. The van der Waals surface area contributed by atoms with E-state index in [1.165, 1.54) is 24.3 Å². The number of halogens is 2. The molecule has 4 aromatic rings. The Morgan fingerprint density at radius 3 is 1.23 bits per heavy atom. The molecule has 6 rings (SSSR count). The SMILES string of the molecule is [C-]#[N+]/C(C#N)=C1C2=C(/C(=C(\C#N)[N+]#[C-])c3c2cccc3-c2ccc(F)cc2)c2cccc(-c3ccc(F)cc3)c2\1. The van der Waals surface area contributed by atoms with Crippen LogP contribution in [0.3, 0.4) is 0 Å². The predicted molar refractivity (Wildman–Crippen MR) is 149 cm³/mol. The van der Waals surface area contributed by atoms with Gasteiger partial charge in [0, 0.05) is 11.1 Å². The van der Waals surface area contributed by atoms with E-state index in [1.807, 2.05) is 48.5 Å². The predicted octanol–water partition coefficient (Wildman–Crippen LogP) is 8.54. The van der Waals surface area contributed by atoms with Crippen molar-refractivity contribution in [2.45, 2.75) is 0 Å². The van der Waals surface area contributed by atoms with E-state index in [4.69, 9.17) is 13.1 Å². The maximum absolute atomic E-state index is 13.8. The second-order valence-corrected chi connectivity index (χ2v) is 9.11. The second-order valence-electron chi connectivity index (χ2n) is 9.11. The summed E-state index contributed by atoms with van der Waals surface area (Å²) in [5, 5.41) is 20.1. The molecule has 0 amide bonds. The lowest BCUT2D eigenvalue weighted by Gasteiger charge is -2.19. The Morgan fingerprint density at radius 2 is 0.900 bits per heavy atom. The van der Waals surface area contributed by atoms with Crippen LogP contribution in [0, 0.1) is 47.4 Å². The van der Waals surface area contributed by atoms with Crippen LogP contribution in [-0.2, 0) is 0 Å². The van der Waals surface area contributed by atoms with Crippen molar-refractivity contribution in [2.24, 2.45) is 0 Å². The van der Waals surface area contributed by atoms with Gasteiger partial charge in [-0.2, -0.15) is 0 Å². The first-order valence-electron chi connectivity index (χ1n) is 12.1. The van der Waals surface area contributed by atoms with Crippen LogP contribution in [0.2, 0.25) is 0 Å². The molecule has 2 aliphatic carbocycles. The highest BCUT2D eigenvalue weighted by atomic mass is 19.1. The molecule has 0 heterocycles. The van der Waals surface area contributed by atoms with Gasteiger partial charge in [-0.1, -0.05) is 60.7 Å². The average Bonchev–Trinajstić information content (AvgIpc) is 3.49. The van der Waals surface area contributed by atoms with Gasteiger partial charge < -0.3 is 0 Å². The molecule has 0 unspecified atom stereocenters. The molecule has 184 valence electrons. The van der Waals surface area contributed by atoms with Gasteiger partial charge in [-0.25, -0.2) is 29.0 Å². The maximum Gasteiger partial charge on any atom is 0.270 e. The van der Waals surface area contributed by atoms with Crippen LogP contribution in [0.25, 0.3) is 54.2 Å². The number of nitriles is 2. The van der Waals surface area contributed by atoms with Crippen LogP contribution in [0.4, 0.5) is 8.78 Å². The molecule has 0 bridgehead atoms. The van der Waals surface area contributed by atoms with Gasteiger partial charge in [0.05, 0.1) is 25.3 Å². The van der Waals surface area contributed by atoms with E-state index in [2.05, 4.69) is 9.69 Å². The lowest BCUT2D eigenvalue weighted by molar-refractivity contribution is 0.627. The number of nitrogens with zero attached hydrogens (tertiary/aromatic N) is 4. The van der Waals surface area contributed by atoms with Crippen molar-refractivity contribution in [3.8, 4) is 34.4 Å². The van der Waals surface area contributed by atoms with Crippen LogP contribution < -0.4 is 0 Å².